The summed E-state index contributed by atoms with van der Waals surface area (Å²) in [6.07, 6.45) is -5.30. The first-order chi connectivity index (χ1) is 57.5. The van der Waals surface area contributed by atoms with Crippen LogP contribution in [0.4, 0.5) is 0 Å². The molecule has 12 unspecified atom stereocenters. The number of phosphoric acid groups is 2. The van der Waals surface area contributed by atoms with E-state index >= 15 is 0 Å². The van der Waals surface area contributed by atoms with Crippen LogP contribution in [0.3, 0.4) is 0 Å². The monoisotopic (exact) mass is 1780 g/mol. The molecule has 0 aromatic carbocycles. The molecule has 22 N–H and O–H groups in total. The Morgan fingerprint density at radius 3 is 1.36 bits per heavy atom. The van der Waals surface area contributed by atoms with Crippen molar-refractivity contribution in [2.75, 3.05) is 52.8 Å². The Balaban J connectivity index is 1.30. The first-order valence-corrected chi connectivity index (χ1v) is 47.5. The lowest BCUT2D eigenvalue weighted by Crippen LogP contribution is -2.69. The molecule has 0 aromatic heterocycles. The van der Waals surface area contributed by atoms with Crippen LogP contribution < -0.4 is 11.5 Å². The largest absolute Gasteiger partial charge is 0.472 e. The second-order valence-corrected chi connectivity index (χ2v) is 35.3. The number of hydrogen-bond acceptors (Lipinski definition) is 35. The molecule has 0 amide bonds. The van der Waals surface area contributed by atoms with Crippen molar-refractivity contribution in [3.05, 3.63) is 12.2 Å². The van der Waals surface area contributed by atoms with Crippen molar-refractivity contribution in [2.45, 2.75) is 436 Å². The first-order valence-electron chi connectivity index (χ1n) is 44.5. The van der Waals surface area contributed by atoms with Crippen LogP contribution in [-0.4, -0.2) is 316 Å². The number of unbranched alkanes of at least 4 members (excludes halogenated alkanes) is 35. The molecular formula is C81H154N2O35P2. The molecule has 0 bridgehead atoms. The molecule has 1 aliphatic carbocycles. The highest BCUT2D eigenvalue weighted by Crippen LogP contribution is 2.49. The molecule has 28 atom stereocenters. The van der Waals surface area contributed by atoms with Crippen LogP contribution in [0.15, 0.2) is 12.2 Å². The van der Waals surface area contributed by atoms with E-state index in [2.05, 4.69) is 30.5 Å². The molecule has 708 valence electrons. The number of carbonyl (C=O) groups is 2. The maximum atomic E-state index is 13.9. The minimum atomic E-state index is -5.59. The van der Waals surface area contributed by atoms with Crippen molar-refractivity contribution in [1.29, 1.82) is 0 Å². The minimum absolute atomic E-state index is 0.0473. The van der Waals surface area contributed by atoms with Crippen molar-refractivity contribution < 1.29 is 171 Å². The third kappa shape index (κ3) is 42.0. The highest BCUT2D eigenvalue weighted by atomic mass is 31.2. The zero-order chi connectivity index (χ0) is 88.4. The van der Waals surface area contributed by atoms with Crippen molar-refractivity contribution in [3.63, 3.8) is 0 Å². The third-order valence-electron chi connectivity index (χ3n) is 22.3. The van der Waals surface area contributed by atoms with Gasteiger partial charge >= 0.3 is 27.6 Å². The zero-order valence-electron chi connectivity index (χ0n) is 70.9. The van der Waals surface area contributed by atoms with E-state index in [9.17, 15) is 110 Å². The molecule has 1 saturated carbocycles. The molecule has 0 radical (unpaired) electrons. The maximum Gasteiger partial charge on any atom is 0.472 e. The highest BCUT2D eigenvalue weighted by Gasteiger charge is 2.58. The summed E-state index contributed by atoms with van der Waals surface area (Å²) in [6.45, 7) is -1.60. The summed E-state index contributed by atoms with van der Waals surface area (Å²) in [5.74, 6) is -1.62. The third-order valence-corrected chi connectivity index (χ3v) is 24.3. The van der Waals surface area contributed by atoms with Gasteiger partial charge in [-0.2, -0.15) is 0 Å². The summed E-state index contributed by atoms with van der Waals surface area (Å²) in [5, 5.41) is 176. The SMILES string of the molecule is CCCCCCCC/C=C\CCCCCCCCCCCCCCCCCCCC(=O)OC[C@@H](O)COP(=O)(O)OC1[C@H](O[C@H]2OC(CO)[C@@H](O[C@@H](O)[C@H](O)C(O)[C@H](O)CCO[C@H]3OC(CO)[C@@H](O)C(O)[C@H]3O[C@H]3OC(COP(=O)(O)OCCN)[C@H](O)[C@H](O)C3O)[C@H](O)C2N)C(O)C(O)[C@@H](O)[C@@H]1OC(=O)CCCCCCCCCCCCCCC. The fourth-order valence-corrected chi connectivity index (χ4v) is 16.6. The van der Waals surface area contributed by atoms with E-state index in [1.54, 1.807) is 0 Å². The molecule has 0 spiro atoms. The zero-order valence-corrected chi connectivity index (χ0v) is 72.6. The highest BCUT2D eigenvalue weighted by molar-refractivity contribution is 7.47. The summed E-state index contributed by atoms with van der Waals surface area (Å²) >= 11 is 0. The number of hydrogen-bond donors (Lipinski definition) is 20. The number of ether oxygens (including phenoxy) is 9. The Hall–Kier alpha value is -2.10. The van der Waals surface area contributed by atoms with Crippen LogP contribution in [-0.2, 0) is 79.4 Å². The number of phosphoric ester groups is 2. The van der Waals surface area contributed by atoms with E-state index in [0.29, 0.717) is 19.3 Å². The van der Waals surface area contributed by atoms with Gasteiger partial charge in [0.1, 0.15) is 123 Å². The molecule has 3 aliphatic heterocycles. The Morgan fingerprint density at radius 1 is 0.425 bits per heavy atom. The summed E-state index contributed by atoms with van der Waals surface area (Å²) < 4.78 is 96.7. The summed E-state index contributed by atoms with van der Waals surface area (Å²) in [5.41, 5.74) is 11.7. The van der Waals surface area contributed by atoms with Gasteiger partial charge in [0, 0.05) is 19.4 Å². The van der Waals surface area contributed by atoms with Gasteiger partial charge in [-0.25, -0.2) is 9.13 Å². The molecular weight excluding hydrogens is 1620 g/mol. The Kier molecular flexibility index (Phi) is 57.9. The number of carbonyl (C=O) groups excluding carboxylic acids is 2. The first kappa shape index (κ1) is 110. The van der Waals surface area contributed by atoms with Gasteiger partial charge in [0.05, 0.1) is 51.8 Å². The van der Waals surface area contributed by atoms with Crippen LogP contribution in [0.5, 0.6) is 0 Å². The van der Waals surface area contributed by atoms with Gasteiger partial charge in [0.2, 0.25) is 0 Å². The second-order valence-electron chi connectivity index (χ2n) is 32.5. The molecule has 4 rings (SSSR count). The Morgan fingerprint density at radius 2 is 0.858 bits per heavy atom. The molecule has 3 saturated heterocycles. The van der Waals surface area contributed by atoms with Gasteiger partial charge in [-0.1, -0.05) is 231 Å². The van der Waals surface area contributed by atoms with Crippen molar-refractivity contribution in [1.82, 2.24) is 0 Å². The summed E-state index contributed by atoms with van der Waals surface area (Å²) in [7, 11) is -10.4. The average molecular weight is 1780 g/mol. The Bertz CT molecular complexity index is 2750. The van der Waals surface area contributed by atoms with E-state index in [0.717, 1.165) is 70.6 Å². The van der Waals surface area contributed by atoms with E-state index in [-0.39, 0.29) is 19.4 Å². The molecule has 4 fully saturated rings. The van der Waals surface area contributed by atoms with Crippen LogP contribution in [0, 0.1) is 0 Å². The number of allylic oxidation sites excluding steroid dienone is 2. The fourth-order valence-electron chi connectivity index (χ4n) is 14.9. The van der Waals surface area contributed by atoms with Crippen LogP contribution in [0.2, 0.25) is 0 Å². The lowest BCUT2D eigenvalue weighted by Gasteiger charge is -2.48. The molecule has 120 heavy (non-hydrogen) atoms. The predicted molar refractivity (Wildman–Crippen MR) is 435 cm³/mol. The molecule has 0 aromatic rings. The van der Waals surface area contributed by atoms with Gasteiger partial charge in [0.15, 0.2) is 31.3 Å². The lowest BCUT2D eigenvalue weighted by molar-refractivity contribution is -0.367. The van der Waals surface area contributed by atoms with E-state index < -0.39 is 240 Å². The normalized spacial score (nSPS) is 30.4. The number of esters is 2. The average Bonchev–Trinajstić information content (AvgIpc) is 0.768. The lowest BCUT2D eigenvalue weighted by atomic mass is 9.84. The van der Waals surface area contributed by atoms with Crippen LogP contribution >= 0.6 is 15.6 Å². The van der Waals surface area contributed by atoms with E-state index in [1.165, 1.54) is 154 Å². The fraction of sp³-hybridized carbons (Fsp3) is 0.951. The van der Waals surface area contributed by atoms with Gasteiger partial charge in [-0.15, -0.1) is 0 Å². The summed E-state index contributed by atoms with van der Waals surface area (Å²) in [6, 6.07) is -1.93. The summed E-state index contributed by atoms with van der Waals surface area (Å²) in [4.78, 5) is 47.5. The van der Waals surface area contributed by atoms with Gasteiger partial charge in [-0.05, 0) is 44.9 Å². The van der Waals surface area contributed by atoms with E-state index in [1.807, 2.05) is 0 Å². The topological polar surface area (TPSA) is 604 Å². The predicted octanol–water partition coefficient (Wildman–Crippen LogP) is 4.31. The number of nitrogens with two attached hydrogens (primary N) is 2. The van der Waals surface area contributed by atoms with Crippen molar-refractivity contribution >= 4 is 27.6 Å². The number of rotatable bonds is 70. The molecule has 3 heterocycles. The standard InChI is InChI=1S/C81H154N2O35P2/c1-3-5-7-9-11-13-15-17-18-19-20-21-22-23-24-25-26-27-28-29-30-32-33-35-37-39-41-43-59(88)107-51-54(86)52-109-120(104,105)118-77-74(114-60(89)44-42-40-38-36-34-31-16-14-12-10-8-6-4-2)69(97)67(95)70(98)75(77)116-79-61(83)65(93)73(57(50-85)112-79)115-78(101)71(99)62(90)55(87)45-47-106-81-76(68(96)63(91)56(49-84)111-81)117-80-72(100)66(94)64(92)58(113-80)53-110-119(102,103)108-48-46-82/h17-18,54-58,61-81,84-87,90-101H,3-16,19-53,82-83H2,1-2H3,(H,102,103)(H,104,105)/b18-17-/t54-,55-,56?,57?,58?,61?,62?,63-,64+,65-,66+,67?,68?,69-,70?,71-,72?,73-,74+,75-,76-,77?,78-,79-,80-,81+/m1/s1. The van der Waals surface area contributed by atoms with Gasteiger partial charge in [0.25, 0.3) is 0 Å². The van der Waals surface area contributed by atoms with Crippen LogP contribution in [0.1, 0.15) is 277 Å². The molecule has 37 nitrogen and oxygen atoms in total. The van der Waals surface area contributed by atoms with Crippen LogP contribution in [0.25, 0.3) is 0 Å². The van der Waals surface area contributed by atoms with Crippen molar-refractivity contribution in [3.8, 4) is 0 Å². The number of aliphatic hydroxyl groups excluding tert-OH is 16. The smallest absolute Gasteiger partial charge is 0.463 e. The van der Waals surface area contributed by atoms with Gasteiger partial charge in [-0.3, -0.25) is 27.7 Å². The molecule has 4 aliphatic rings. The van der Waals surface area contributed by atoms with Gasteiger partial charge < -0.3 is 146 Å². The number of aliphatic hydroxyl groups is 16. The maximum absolute atomic E-state index is 13.9. The second kappa shape index (κ2) is 63.0. The quantitative estimate of drug-likeness (QED) is 0.0133. The minimum Gasteiger partial charge on any atom is -0.463 e. The van der Waals surface area contributed by atoms with Crippen molar-refractivity contribution in [2.24, 2.45) is 11.5 Å². The molecule has 39 heteroatoms. The Labute approximate surface area is 708 Å². The van der Waals surface area contributed by atoms with E-state index in [4.69, 9.17) is 67.7 Å².